The highest BCUT2D eigenvalue weighted by atomic mass is 35.5. The second-order valence-electron chi connectivity index (χ2n) is 4.16. The number of hydrogen-bond acceptors (Lipinski definition) is 1. The fourth-order valence-corrected chi connectivity index (χ4v) is 2.12. The predicted molar refractivity (Wildman–Crippen MR) is 75.6 cm³/mol. The summed E-state index contributed by atoms with van der Waals surface area (Å²) in [5.41, 5.74) is 8.66. The first-order valence-electron chi connectivity index (χ1n) is 5.64. The molecule has 1 nitrogen and oxygen atoms in total. The molecule has 2 aromatic carbocycles. The van der Waals surface area contributed by atoms with Crippen molar-refractivity contribution in [1.82, 2.24) is 0 Å². The lowest BCUT2D eigenvalue weighted by atomic mass is 9.86. The van der Waals surface area contributed by atoms with Gasteiger partial charge in [0.15, 0.2) is 0 Å². The Bertz CT molecular complexity index is 386. The summed E-state index contributed by atoms with van der Waals surface area (Å²) in [6, 6.07) is 21.0. The van der Waals surface area contributed by atoms with Gasteiger partial charge in [0.2, 0.25) is 0 Å². The Morgan fingerprint density at radius 1 is 0.765 bits per heavy atom. The molecule has 90 valence electrons. The first-order chi connectivity index (χ1) is 7.79. The van der Waals surface area contributed by atoms with Gasteiger partial charge in [-0.1, -0.05) is 60.7 Å². The van der Waals surface area contributed by atoms with Crippen LogP contribution in [0.1, 0.15) is 24.0 Å². The molecule has 0 aliphatic rings. The van der Waals surface area contributed by atoms with Crippen LogP contribution in [0.25, 0.3) is 0 Å². The highest BCUT2D eigenvalue weighted by Crippen LogP contribution is 2.26. The van der Waals surface area contributed by atoms with E-state index in [0.717, 1.165) is 0 Å². The molecule has 0 amide bonds. The number of nitrogens with two attached hydrogens (primary N) is 1. The van der Waals surface area contributed by atoms with Crippen molar-refractivity contribution in [3.8, 4) is 0 Å². The van der Waals surface area contributed by atoms with E-state index in [0.29, 0.717) is 0 Å². The largest absolute Gasteiger partial charge is 0.327 e. The molecule has 0 saturated carbocycles. The van der Waals surface area contributed by atoms with E-state index in [1.54, 1.807) is 0 Å². The Morgan fingerprint density at radius 2 is 1.12 bits per heavy atom. The van der Waals surface area contributed by atoms with Crippen LogP contribution < -0.4 is 5.73 Å². The summed E-state index contributed by atoms with van der Waals surface area (Å²) in [4.78, 5) is 0. The average molecular weight is 248 g/mol. The Morgan fingerprint density at radius 3 is 1.41 bits per heavy atom. The smallest absolute Gasteiger partial charge is 0.0238 e. The minimum Gasteiger partial charge on any atom is -0.327 e. The molecule has 0 aliphatic carbocycles. The molecule has 0 heterocycles. The third kappa shape index (κ3) is 3.32. The van der Waals surface area contributed by atoms with Crippen molar-refractivity contribution in [1.29, 1.82) is 0 Å². The summed E-state index contributed by atoms with van der Waals surface area (Å²) in [6.07, 6.45) is 0. The van der Waals surface area contributed by atoms with Crippen molar-refractivity contribution >= 4 is 12.4 Å². The van der Waals surface area contributed by atoms with Crippen molar-refractivity contribution in [3.05, 3.63) is 71.8 Å². The zero-order chi connectivity index (χ0) is 11.4. The van der Waals surface area contributed by atoms with Crippen LogP contribution in [0.4, 0.5) is 0 Å². The summed E-state index contributed by atoms with van der Waals surface area (Å²) in [6.45, 7) is 2.06. The quantitative estimate of drug-likeness (QED) is 0.882. The maximum Gasteiger partial charge on any atom is 0.0238 e. The van der Waals surface area contributed by atoms with Gasteiger partial charge in [-0.25, -0.2) is 0 Å². The topological polar surface area (TPSA) is 26.0 Å². The third-order valence-corrected chi connectivity index (χ3v) is 2.84. The highest BCUT2D eigenvalue weighted by Gasteiger charge is 2.17. The Kier molecular flexibility index (Phi) is 5.20. The molecule has 2 rings (SSSR count). The van der Waals surface area contributed by atoms with Gasteiger partial charge in [-0.05, 0) is 18.1 Å². The lowest BCUT2D eigenvalue weighted by Crippen LogP contribution is -2.25. The fourth-order valence-electron chi connectivity index (χ4n) is 2.12. The Labute approximate surface area is 109 Å². The van der Waals surface area contributed by atoms with Gasteiger partial charge in [0, 0.05) is 12.0 Å². The van der Waals surface area contributed by atoms with Gasteiger partial charge in [-0.15, -0.1) is 12.4 Å². The normalized spacial score (nSPS) is 11.9. The van der Waals surface area contributed by atoms with Crippen molar-refractivity contribution in [2.24, 2.45) is 5.73 Å². The predicted octanol–water partition coefficient (Wildman–Crippen LogP) is 3.59. The summed E-state index contributed by atoms with van der Waals surface area (Å²) in [7, 11) is 0. The molecule has 0 radical (unpaired) electrons. The van der Waals surface area contributed by atoms with E-state index in [1.807, 2.05) is 12.1 Å². The number of hydrogen-bond donors (Lipinski definition) is 1. The van der Waals surface area contributed by atoms with Crippen molar-refractivity contribution < 1.29 is 0 Å². The van der Waals surface area contributed by atoms with E-state index < -0.39 is 0 Å². The van der Waals surface area contributed by atoms with Crippen molar-refractivity contribution in [2.75, 3.05) is 0 Å². The van der Waals surface area contributed by atoms with E-state index in [2.05, 4.69) is 55.5 Å². The van der Waals surface area contributed by atoms with E-state index >= 15 is 0 Å². The molecule has 0 aromatic heterocycles. The second kappa shape index (κ2) is 6.43. The first-order valence-corrected chi connectivity index (χ1v) is 5.64. The Balaban J connectivity index is 0.00000144. The summed E-state index contributed by atoms with van der Waals surface area (Å²) in [5.74, 6) is 0.280. The van der Waals surface area contributed by atoms with Crippen LogP contribution in [0.2, 0.25) is 0 Å². The van der Waals surface area contributed by atoms with Gasteiger partial charge in [-0.2, -0.15) is 0 Å². The minimum atomic E-state index is 0. The fraction of sp³-hybridized carbons (Fsp3) is 0.200. The van der Waals surface area contributed by atoms with Gasteiger partial charge >= 0.3 is 0 Å². The van der Waals surface area contributed by atoms with E-state index in [-0.39, 0.29) is 24.4 Å². The minimum absolute atomic E-state index is 0. The molecule has 2 heteroatoms. The van der Waals surface area contributed by atoms with Gasteiger partial charge in [0.25, 0.3) is 0 Å². The maximum absolute atomic E-state index is 6.10. The van der Waals surface area contributed by atoms with Gasteiger partial charge in [0.05, 0.1) is 0 Å². The molecular formula is C15H18ClN. The molecular weight excluding hydrogens is 230 g/mol. The summed E-state index contributed by atoms with van der Waals surface area (Å²) < 4.78 is 0. The molecule has 0 bridgehead atoms. The van der Waals surface area contributed by atoms with E-state index in [9.17, 15) is 0 Å². The van der Waals surface area contributed by atoms with Gasteiger partial charge in [0.1, 0.15) is 0 Å². The molecule has 0 saturated heterocycles. The van der Waals surface area contributed by atoms with Crippen LogP contribution in [0, 0.1) is 0 Å². The maximum atomic E-state index is 6.10. The molecule has 1 unspecified atom stereocenters. The number of halogens is 1. The van der Waals surface area contributed by atoms with Crippen LogP contribution in [-0.4, -0.2) is 6.04 Å². The van der Waals surface area contributed by atoms with Crippen LogP contribution >= 0.6 is 12.4 Å². The third-order valence-electron chi connectivity index (χ3n) is 2.84. The van der Waals surface area contributed by atoms with Crippen molar-refractivity contribution in [3.63, 3.8) is 0 Å². The lowest BCUT2D eigenvalue weighted by Gasteiger charge is -2.21. The lowest BCUT2D eigenvalue weighted by molar-refractivity contribution is 0.645. The van der Waals surface area contributed by atoms with Gasteiger partial charge in [-0.3, -0.25) is 0 Å². The zero-order valence-electron chi connectivity index (χ0n) is 9.91. The summed E-state index contributed by atoms with van der Waals surface area (Å²) >= 11 is 0. The molecule has 2 N–H and O–H groups in total. The average Bonchev–Trinajstić information content (AvgIpc) is 2.31. The molecule has 17 heavy (non-hydrogen) atoms. The second-order valence-corrected chi connectivity index (χ2v) is 4.16. The number of benzene rings is 2. The highest BCUT2D eigenvalue weighted by molar-refractivity contribution is 5.85. The van der Waals surface area contributed by atoms with Crippen LogP contribution in [0.5, 0.6) is 0 Å². The molecule has 0 spiro atoms. The first kappa shape index (κ1) is 13.8. The van der Waals surface area contributed by atoms with E-state index in [1.165, 1.54) is 11.1 Å². The molecule has 0 aliphatic heterocycles. The van der Waals surface area contributed by atoms with Crippen LogP contribution in [-0.2, 0) is 0 Å². The standard InChI is InChI=1S/C15H17N.ClH/c1-12(16)15(13-8-4-2-5-9-13)14-10-6-3-7-11-14;/h2-12,15H,16H2,1H3;1H. The number of rotatable bonds is 3. The molecule has 0 fully saturated rings. The Hall–Kier alpha value is -1.31. The van der Waals surface area contributed by atoms with Crippen molar-refractivity contribution in [2.45, 2.75) is 18.9 Å². The van der Waals surface area contributed by atoms with E-state index in [4.69, 9.17) is 5.73 Å². The zero-order valence-corrected chi connectivity index (χ0v) is 10.7. The SMILES string of the molecule is CC(N)C(c1ccccc1)c1ccccc1.Cl. The van der Waals surface area contributed by atoms with Crippen LogP contribution in [0.15, 0.2) is 60.7 Å². The monoisotopic (exact) mass is 247 g/mol. The molecule has 2 aromatic rings. The van der Waals surface area contributed by atoms with Crippen LogP contribution in [0.3, 0.4) is 0 Å². The molecule has 1 atom stereocenters. The summed E-state index contributed by atoms with van der Waals surface area (Å²) in [5, 5.41) is 0. The van der Waals surface area contributed by atoms with Gasteiger partial charge < -0.3 is 5.73 Å².